The molecule has 0 atom stereocenters. The van der Waals surface area contributed by atoms with Crippen molar-refractivity contribution >= 4 is 22.7 Å². The number of carbonyl (C=O) groups excluding carboxylic acids is 1. The van der Waals surface area contributed by atoms with Crippen LogP contribution in [0.1, 0.15) is 12.6 Å². The quantitative estimate of drug-likeness (QED) is 0.365. The highest BCUT2D eigenvalue weighted by molar-refractivity contribution is 6.42. The lowest BCUT2D eigenvalue weighted by atomic mass is 10.2. The van der Waals surface area contributed by atoms with Gasteiger partial charge in [-0.3, -0.25) is 4.79 Å². The Hall–Kier alpha value is -2.70. The summed E-state index contributed by atoms with van der Waals surface area (Å²) in [5.74, 6) is -0.904. The molecule has 0 aliphatic heterocycles. The van der Waals surface area contributed by atoms with E-state index in [0.717, 1.165) is 0 Å². The first-order valence-electron chi connectivity index (χ1n) is 5.56. The molecule has 0 fully saturated rings. The van der Waals surface area contributed by atoms with Crippen LogP contribution in [0.4, 0.5) is 0 Å². The topological polar surface area (TPSA) is 105 Å². The molecule has 0 aliphatic rings. The molecule has 7 nitrogen and oxygen atoms in total. The molecule has 0 unspecified atom stereocenters. The molecule has 0 aliphatic carbocycles. The Morgan fingerprint density at radius 3 is 2.89 bits per heavy atom. The smallest absolute Gasteiger partial charge is 0.362 e. The van der Waals surface area contributed by atoms with Gasteiger partial charge in [0.15, 0.2) is 5.69 Å². The van der Waals surface area contributed by atoms with Crippen LogP contribution in [0.25, 0.3) is 11.0 Å². The Bertz CT molecular complexity index is 705. The largest absolute Gasteiger partial charge is 0.461 e. The fourth-order valence-corrected chi connectivity index (χ4v) is 1.57. The molecular formula is C12H11N3O4. The molecular weight excluding hydrogens is 250 g/mol. The standard InChI is InChI=1S/C12H11N3O4/c1-2-19-12(17)10(15-18)9-11(16)14-8-6-4-3-5-7(8)13-9/h3-6,18H,2H2,1H3,(H,14,16). The van der Waals surface area contributed by atoms with Crippen LogP contribution < -0.4 is 5.56 Å². The Kier molecular flexibility index (Phi) is 3.56. The van der Waals surface area contributed by atoms with Gasteiger partial charge in [0.25, 0.3) is 5.56 Å². The molecule has 0 bridgehead atoms. The summed E-state index contributed by atoms with van der Waals surface area (Å²) in [5, 5.41) is 11.7. The summed E-state index contributed by atoms with van der Waals surface area (Å²) in [4.78, 5) is 29.9. The van der Waals surface area contributed by atoms with Crippen LogP contribution in [-0.4, -0.2) is 33.5 Å². The van der Waals surface area contributed by atoms with Gasteiger partial charge in [-0.15, -0.1) is 0 Å². The van der Waals surface area contributed by atoms with Gasteiger partial charge < -0.3 is 14.9 Å². The molecule has 0 spiro atoms. The summed E-state index contributed by atoms with van der Waals surface area (Å²) in [6, 6.07) is 6.81. The first-order valence-corrected chi connectivity index (χ1v) is 5.56. The van der Waals surface area contributed by atoms with Crippen LogP contribution >= 0.6 is 0 Å². The van der Waals surface area contributed by atoms with Crippen LogP contribution in [0.2, 0.25) is 0 Å². The summed E-state index contributed by atoms with van der Waals surface area (Å²) in [7, 11) is 0. The van der Waals surface area contributed by atoms with Crippen molar-refractivity contribution in [1.82, 2.24) is 9.97 Å². The minimum absolute atomic E-state index is 0.101. The number of hydrogen-bond donors (Lipinski definition) is 2. The zero-order valence-corrected chi connectivity index (χ0v) is 10.1. The van der Waals surface area contributed by atoms with Crippen molar-refractivity contribution in [3.05, 3.63) is 40.3 Å². The molecule has 7 heteroatoms. The molecule has 0 radical (unpaired) electrons. The van der Waals surface area contributed by atoms with Crippen molar-refractivity contribution in [3.8, 4) is 0 Å². The number of fused-ring (bicyclic) bond motifs is 1. The molecule has 0 amide bonds. The zero-order valence-electron chi connectivity index (χ0n) is 10.1. The fraction of sp³-hybridized carbons (Fsp3) is 0.167. The number of esters is 1. The first-order chi connectivity index (χ1) is 9.17. The highest BCUT2D eigenvalue weighted by Crippen LogP contribution is 2.06. The third kappa shape index (κ3) is 2.44. The molecule has 2 aromatic rings. The number of nitrogens with one attached hydrogen (secondary N) is 1. The Morgan fingerprint density at radius 1 is 1.47 bits per heavy atom. The van der Waals surface area contributed by atoms with E-state index in [4.69, 9.17) is 9.94 Å². The Morgan fingerprint density at radius 2 is 2.21 bits per heavy atom. The third-order valence-corrected chi connectivity index (χ3v) is 2.39. The van der Waals surface area contributed by atoms with Crippen LogP contribution in [0, 0.1) is 0 Å². The van der Waals surface area contributed by atoms with Crippen molar-refractivity contribution < 1.29 is 14.7 Å². The van der Waals surface area contributed by atoms with E-state index in [1.807, 2.05) is 0 Å². The Balaban J connectivity index is 2.58. The Labute approximate surface area is 107 Å². The van der Waals surface area contributed by atoms with Gasteiger partial charge >= 0.3 is 5.97 Å². The van der Waals surface area contributed by atoms with E-state index in [2.05, 4.69) is 15.1 Å². The molecule has 1 heterocycles. The van der Waals surface area contributed by atoms with Gasteiger partial charge in [-0.2, -0.15) is 0 Å². The molecule has 2 rings (SSSR count). The van der Waals surface area contributed by atoms with Gasteiger partial charge in [-0.25, -0.2) is 9.78 Å². The maximum atomic E-state index is 11.8. The van der Waals surface area contributed by atoms with E-state index < -0.39 is 17.2 Å². The zero-order chi connectivity index (χ0) is 13.8. The number of hydrogen-bond acceptors (Lipinski definition) is 6. The van der Waals surface area contributed by atoms with E-state index in [9.17, 15) is 9.59 Å². The van der Waals surface area contributed by atoms with E-state index in [0.29, 0.717) is 11.0 Å². The average molecular weight is 261 g/mol. The van der Waals surface area contributed by atoms with E-state index >= 15 is 0 Å². The van der Waals surface area contributed by atoms with Gasteiger partial charge in [-0.05, 0) is 19.1 Å². The van der Waals surface area contributed by atoms with E-state index in [1.165, 1.54) is 0 Å². The minimum atomic E-state index is -0.904. The van der Waals surface area contributed by atoms with Gasteiger partial charge in [0.2, 0.25) is 5.71 Å². The molecule has 0 saturated heterocycles. The van der Waals surface area contributed by atoms with Crippen molar-refractivity contribution in [2.45, 2.75) is 6.92 Å². The molecule has 1 aromatic heterocycles. The second-order valence-electron chi connectivity index (χ2n) is 3.60. The van der Waals surface area contributed by atoms with Crippen LogP contribution in [-0.2, 0) is 9.53 Å². The molecule has 1 aromatic carbocycles. The maximum absolute atomic E-state index is 11.8. The second kappa shape index (κ2) is 5.30. The lowest BCUT2D eigenvalue weighted by molar-refractivity contribution is -0.135. The van der Waals surface area contributed by atoms with Gasteiger partial charge in [0.1, 0.15) is 0 Å². The predicted octanol–water partition coefficient (Wildman–Crippen LogP) is 0.664. The van der Waals surface area contributed by atoms with Crippen LogP contribution in [0.3, 0.4) is 0 Å². The molecule has 98 valence electrons. The molecule has 19 heavy (non-hydrogen) atoms. The first kappa shape index (κ1) is 12.7. The number of nitrogens with zero attached hydrogens (tertiary/aromatic N) is 2. The summed E-state index contributed by atoms with van der Waals surface area (Å²) in [6.07, 6.45) is 0. The van der Waals surface area contributed by atoms with Gasteiger partial charge in [0.05, 0.1) is 17.6 Å². The number of rotatable bonds is 3. The number of aromatic nitrogens is 2. The third-order valence-electron chi connectivity index (χ3n) is 2.39. The van der Waals surface area contributed by atoms with E-state index in [1.54, 1.807) is 31.2 Å². The maximum Gasteiger partial charge on any atom is 0.362 e. The van der Waals surface area contributed by atoms with Crippen molar-refractivity contribution in [1.29, 1.82) is 0 Å². The number of carbonyl (C=O) groups is 1. The van der Waals surface area contributed by atoms with E-state index in [-0.39, 0.29) is 12.3 Å². The number of aromatic amines is 1. The number of ether oxygens (including phenoxy) is 1. The SMILES string of the molecule is CCOC(=O)C(=NO)c1nc2ccccc2[nH]c1=O. The van der Waals surface area contributed by atoms with Crippen LogP contribution in [0.5, 0.6) is 0 Å². The summed E-state index contributed by atoms with van der Waals surface area (Å²) < 4.78 is 4.69. The number of benzene rings is 1. The fourth-order valence-electron chi connectivity index (χ4n) is 1.57. The average Bonchev–Trinajstić information content (AvgIpc) is 2.40. The molecule has 2 N–H and O–H groups in total. The monoisotopic (exact) mass is 261 g/mol. The summed E-state index contributed by atoms with van der Waals surface area (Å²) >= 11 is 0. The lowest BCUT2D eigenvalue weighted by Crippen LogP contribution is -2.28. The summed E-state index contributed by atoms with van der Waals surface area (Å²) in [6.45, 7) is 1.70. The highest BCUT2D eigenvalue weighted by atomic mass is 16.5. The lowest BCUT2D eigenvalue weighted by Gasteiger charge is -2.04. The second-order valence-corrected chi connectivity index (χ2v) is 3.60. The molecule has 0 saturated carbocycles. The minimum Gasteiger partial charge on any atom is -0.461 e. The van der Waals surface area contributed by atoms with Gasteiger partial charge in [-0.1, -0.05) is 17.3 Å². The summed E-state index contributed by atoms with van der Waals surface area (Å²) in [5.41, 5.74) is -0.423. The highest BCUT2D eigenvalue weighted by Gasteiger charge is 2.21. The predicted molar refractivity (Wildman–Crippen MR) is 67.3 cm³/mol. The number of H-pyrrole nitrogens is 1. The number of oxime groups is 1. The number of para-hydroxylation sites is 2. The van der Waals surface area contributed by atoms with Crippen molar-refractivity contribution in [3.63, 3.8) is 0 Å². The van der Waals surface area contributed by atoms with Gasteiger partial charge in [0, 0.05) is 0 Å². The van der Waals surface area contributed by atoms with Crippen LogP contribution in [0.15, 0.2) is 34.2 Å². The van der Waals surface area contributed by atoms with Crippen molar-refractivity contribution in [2.24, 2.45) is 5.16 Å². The van der Waals surface area contributed by atoms with Crippen molar-refractivity contribution in [2.75, 3.05) is 6.61 Å². The normalized spacial score (nSPS) is 11.5.